The number of carbonyl (C=O) groups excluding carboxylic acids is 1. The van der Waals surface area contributed by atoms with Gasteiger partial charge >= 0.3 is 6.03 Å². The maximum Gasteiger partial charge on any atom is 0.317 e. The van der Waals surface area contributed by atoms with Crippen LogP contribution in [0.5, 0.6) is 5.75 Å². The standard InChI is InChI=1S/C20H25N3O2/c24-20(22-12-4-8-17-6-2-1-3-7-17)23-15-5-9-19(16-23)25-18-10-13-21-14-11-18/h1-3,6-7,10-11,13-14,19H,4-5,8-9,12,15-16H2,(H,22,24). The summed E-state index contributed by atoms with van der Waals surface area (Å²) in [4.78, 5) is 18.2. The molecule has 0 saturated carbocycles. The van der Waals surface area contributed by atoms with Crippen molar-refractivity contribution in [2.24, 2.45) is 0 Å². The highest BCUT2D eigenvalue weighted by molar-refractivity contribution is 5.74. The van der Waals surface area contributed by atoms with Gasteiger partial charge in [-0.05, 0) is 43.4 Å². The minimum atomic E-state index is 0.0103. The smallest absolute Gasteiger partial charge is 0.317 e. The van der Waals surface area contributed by atoms with Crippen LogP contribution in [0, 0.1) is 0 Å². The second kappa shape index (κ2) is 9.06. The third kappa shape index (κ3) is 5.48. The molecule has 2 aromatic rings. The van der Waals surface area contributed by atoms with Gasteiger partial charge in [0, 0.05) is 25.5 Å². The second-order valence-corrected chi connectivity index (χ2v) is 6.33. The second-order valence-electron chi connectivity index (χ2n) is 6.33. The summed E-state index contributed by atoms with van der Waals surface area (Å²) >= 11 is 0. The number of hydrogen-bond acceptors (Lipinski definition) is 3. The third-order valence-corrected chi connectivity index (χ3v) is 4.38. The van der Waals surface area contributed by atoms with Gasteiger partial charge in [-0.3, -0.25) is 4.98 Å². The van der Waals surface area contributed by atoms with Crippen LogP contribution in [0.1, 0.15) is 24.8 Å². The Balaban J connectivity index is 1.39. The largest absolute Gasteiger partial charge is 0.488 e. The number of carbonyl (C=O) groups is 1. The Labute approximate surface area is 149 Å². The first-order valence-electron chi connectivity index (χ1n) is 8.94. The van der Waals surface area contributed by atoms with E-state index >= 15 is 0 Å². The lowest BCUT2D eigenvalue weighted by Crippen LogP contribution is -2.48. The molecular formula is C20H25N3O2. The molecule has 1 aliphatic rings. The SMILES string of the molecule is O=C(NCCCc1ccccc1)N1CCCC(Oc2ccncc2)C1. The van der Waals surface area contributed by atoms with E-state index in [1.807, 2.05) is 35.2 Å². The lowest BCUT2D eigenvalue weighted by atomic mass is 10.1. The van der Waals surface area contributed by atoms with Crippen LogP contribution in [-0.4, -0.2) is 41.7 Å². The molecule has 2 amide bonds. The molecule has 1 aliphatic heterocycles. The molecular weight excluding hydrogens is 314 g/mol. The van der Waals surface area contributed by atoms with Gasteiger partial charge < -0.3 is 15.0 Å². The summed E-state index contributed by atoms with van der Waals surface area (Å²) in [6.07, 6.45) is 7.35. The normalized spacial score (nSPS) is 17.1. The molecule has 5 nitrogen and oxygen atoms in total. The fourth-order valence-electron chi connectivity index (χ4n) is 3.07. The molecule has 1 aromatic heterocycles. The van der Waals surface area contributed by atoms with E-state index in [0.717, 1.165) is 38.0 Å². The van der Waals surface area contributed by atoms with Gasteiger partial charge in [-0.15, -0.1) is 0 Å². The summed E-state index contributed by atoms with van der Waals surface area (Å²) in [5.74, 6) is 0.810. The van der Waals surface area contributed by atoms with Gasteiger partial charge in [0.1, 0.15) is 11.9 Å². The van der Waals surface area contributed by atoms with E-state index in [9.17, 15) is 4.79 Å². The van der Waals surface area contributed by atoms with Crippen molar-refractivity contribution in [3.05, 3.63) is 60.4 Å². The van der Waals surface area contributed by atoms with Crippen molar-refractivity contribution in [1.82, 2.24) is 15.2 Å². The Hall–Kier alpha value is -2.56. The highest BCUT2D eigenvalue weighted by Crippen LogP contribution is 2.17. The van der Waals surface area contributed by atoms with E-state index in [1.54, 1.807) is 12.4 Å². The van der Waals surface area contributed by atoms with E-state index in [-0.39, 0.29) is 12.1 Å². The van der Waals surface area contributed by atoms with Crippen molar-refractivity contribution in [1.29, 1.82) is 0 Å². The average molecular weight is 339 g/mol. The molecule has 0 spiro atoms. The molecule has 1 unspecified atom stereocenters. The van der Waals surface area contributed by atoms with Crippen LogP contribution in [0.15, 0.2) is 54.9 Å². The summed E-state index contributed by atoms with van der Waals surface area (Å²) in [6.45, 7) is 2.12. The molecule has 5 heteroatoms. The number of aromatic nitrogens is 1. The molecule has 1 aromatic carbocycles. The van der Waals surface area contributed by atoms with Crippen LogP contribution in [0.25, 0.3) is 0 Å². The summed E-state index contributed by atoms with van der Waals surface area (Å²) < 4.78 is 5.96. The quantitative estimate of drug-likeness (QED) is 0.822. The van der Waals surface area contributed by atoms with Gasteiger partial charge in [0.15, 0.2) is 0 Å². The van der Waals surface area contributed by atoms with E-state index in [0.29, 0.717) is 13.1 Å². The van der Waals surface area contributed by atoms with Gasteiger partial charge in [0.05, 0.1) is 6.54 Å². The van der Waals surface area contributed by atoms with Crippen LogP contribution < -0.4 is 10.1 Å². The molecule has 0 aliphatic carbocycles. The maximum atomic E-state index is 12.4. The van der Waals surface area contributed by atoms with Crippen LogP contribution >= 0.6 is 0 Å². The fourth-order valence-corrected chi connectivity index (χ4v) is 3.07. The van der Waals surface area contributed by atoms with Crippen molar-refractivity contribution in [3.63, 3.8) is 0 Å². The Morgan fingerprint density at radius 2 is 2.00 bits per heavy atom. The zero-order valence-electron chi connectivity index (χ0n) is 14.4. The van der Waals surface area contributed by atoms with E-state index in [4.69, 9.17) is 4.74 Å². The summed E-state index contributed by atoms with van der Waals surface area (Å²) in [5.41, 5.74) is 1.31. The number of nitrogens with zero attached hydrogens (tertiary/aromatic N) is 2. The lowest BCUT2D eigenvalue weighted by Gasteiger charge is -2.32. The molecule has 0 radical (unpaired) electrons. The summed E-state index contributed by atoms with van der Waals surface area (Å²) in [5, 5.41) is 3.03. The Morgan fingerprint density at radius 1 is 1.20 bits per heavy atom. The molecule has 3 rings (SSSR count). The number of hydrogen-bond donors (Lipinski definition) is 1. The minimum absolute atomic E-state index is 0.0103. The van der Waals surface area contributed by atoms with Gasteiger partial charge in [-0.1, -0.05) is 30.3 Å². The molecule has 1 saturated heterocycles. The van der Waals surface area contributed by atoms with Gasteiger partial charge in [0.2, 0.25) is 0 Å². The van der Waals surface area contributed by atoms with Gasteiger partial charge in [0.25, 0.3) is 0 Å². The number of nitrogens with one attached hydrogen (secondary N) is 1. The van der Waals surface area contributed by atoms with E-state index in [1.165, 1.54) is 5.56 Å². The number of likely N-dealkylation sites (tertiary alicyclic amines) is 1. The zero-order chi connectivity index (χ0) is 17.3. The first-order valence-corrected chi connectivity index (χ1v) is 8.94. The number of ether oxygens (including phenoxy) is 1. The van der Waals surface area contributed by atoms with Crippen molar-refractivity contribution in [2.75, 3.05) is 19.6 Å². The van der Waals surface area contributed by atoms with Crippen molar-refractivity contribution in [2.45, 2.75) is 31.8 Å². The van der Waals surface area contributed by atoms with Crippen molar-refractivity contribution >= 4 is 6.03 Å². The Morgan fingerprint density at radius 3 is 2.80 bits per heavy atom. The van der Waals surface area contributed by atoms with Crippen LogP contribution in [0.4, 0.5) is 4.79 Å². The monoisotopic (exact) mass is 339 g/mol. The number of rotatable bonds is 6. The number of amides is 2. The average Bonchev–Trinajstić information content (AvgIpc) is 2.67. The molecule has 1 atom stereocenters. The molecule has 0 bridgehead atoms. The number of piperidine rings is 1. The first-order chi connectivity index (χ1) is 12.3. The highest BCUT2D eigenvalue weighted by atomic mass is 16.5. The van der Waals surface area contributed by atoms with Crippen molar-refractivity contribution in [3.8, 4) is 5.75 Å². The highest BCUT2D eigenvalue weighted by Gasteiger charge is 2.24. The maximum absolute atomic E-state index is 12.4. The van der Waals surface area contributed by atoms with Gasteiger partial charge in [-0.25, -0.2) is 4.79 Å². The topological polar surface area (TPSA) is 54.5 Å². The number of urea groups is 1. The summed E-state index contributed by atoms with van der Waals surface area (Å²) in [7, 11) is 0. The van der Waals surface area contributed by atoms with Crippen LogP contribution in [0.3, 0.4) is 0 Å². The van der Waals surface area contributed by atoms with Crippen LogP contribution in [0.2, 0.25) is 0 Å². The number of aryl methyl sites for hydroxylation is 1. The molecule has 1 N–H and O–H groups in total. The summed E-state index contributed by atoms with van der Waals surface area (Å²) in [6, 6.07) is 14.1. The molecule has 1 fully saturated rings. The molecule has 132 valence electrons. The van der Waals surface area contributed by atoms with E-state index < -0.39 is 0 Å². The zero-order valence-corrected chi connectivity index (χ0v) is 14.4. The van der Waals surface area contributed by atoms with E-state index in [2.05, 4.69) is 22.4 Å². The third-order valence-electron chi connectivity index (χ3n) is 4.38. The fraction of sp³-hybridized carbons (Fsp3) is 0.400. The molecule has 2 heterocycles. The Bertz CT molecular complexity index is 649. The number of pyridine rings is 1. The predicted molar refractivity (Wildman–Crippen MR) is 97.6 cm³/mol. The van der Waals surface area contributed by atoms with Crippen LogP contribution in [-0.2, 0) is 6.42 Å². The minimum Gasteiger partial charge on any atom is -0.488 e. The van der Waals surface area contributed by atoms with Gasteiger partial charge in [-0.2, -0.15) is 0 Å². The first kappa shape index (κ1) is 17.3. The van der Waals surface area contributed by atoms with Crippen molar-refractivity contribution < 1.29 is 9.53 Å². The lowest BCUT2D eigenvalue weighted by molar-refractivity contribution is 0.101. The predicted octanol–water partition coefficient (Wildman–Crippen LogP) is 3.27. The number of benzene rings is 1. The Kier molecular flexibility index (Phi) is 6.26. The molecule has 25 heavy (non-hydrogen) atoms.